The number of aromatic hydroxyl groups is 4. The summed E-state index contributed by atoms with van der Waals surface area (Å²) >= 11 is 11.6. The highest BCUT2D eigenvalue weighted by Crippen LogP contribution is 2.52. The van der Waals surface area contributed by atoms with Gasteiger partial charge in [0.1, 0.15) is 22.1 Å². The van der Waals surface area contributed by atoms with Crippen molar-refractivity contribution in [3.8, 4) is 51.3 Å². The van der Waals surface area contributed by atoms with Gasteiger partial charge in [-0.05, 0) is 12.1 Å². The zero-order chi connectivity index (χ0) is 26.7. The number of phenolic OH excluding ortho intramolecular Hbond substituents is 4. The number of rotatable bonds is 4. The molecule has 4 rings (SSSR count). The maximum atomic E-state index is 14.4. The number of hydrogen-bond acceptors (Lipinski definition) is 8. The first-order valence-corrected chi connectivity index (χ1v) is 10.0. The summed E-state index contributed by atoms with van der Waals surface area (Å²) < 4.78 is 61.7. The molecule has 0 amide bonds. The predicted molar refractivity (Wildman–Crippen MR) is 113 cm³/mol. The van der Waals surface area contributed by atoms with Crippen molar-refractivity contribution in [3.05, 3.63) is 51.5 Å². The Hall–Kier alpha value is -4.17. The lowest BCUT2D eigenvalue weighted by molar-refractivity contribution is -0.142. The van der Waals surface area contributed by atoms with E-state index in [1.54, 1.807) is 0 Å². The summed E-state index contributed by atoms with van der Waals surface area (Å²) in [5.74, 6) is -9.28. The first-order chi connectivity index (χ1) is 16.8. The Morgan fingerprint density at radius 3 is 2.28 bits per heavy atom. The van der Waals surface area contributed by atoms with Gasteiger partial charge in [0.15, 0.2) is 34.4 Å². The maximum Gasteiger partial charge on any atom is 0.434 e. The molecule has 0 atom stereocenters. The van der Waals surface area contributed by atoms with E-state index in [0.717, 1.165) is 6.07 Å². The molecule has 4 aromatic rings. The van der Waals surface area contributed by atoms with E-state index in [2.05, 4.69) is 10.3 Å². The van der Waals surface area contributed by atoms with Gasteiger partial charge in [0.2, 0.25) is 5.75 Å². The predicted octanol–water partition coefficient (Wildman–Crippen LogP) is 5.18. The third kappa shape index (κ3) is 3.70. The molecule has 16 heteroatoms. The molecule has 2 aromatic carbocycles. The summed E-state index contributed by atoms with van der Waals surface area (Å²) in [5.41, 5.74) is -6.38. The van der Waals surface area contributed by atoms with E-state index < -0.39 is 85.5 Å². The highest BCUT2D eigenvalue weighted by Gasteiger charge is 2.43. The van der Waals surface area contributed by atoms with Gasteiger partial charge in [-0.2, -0.15) is 18.3 Å². The third-order valence-electron chi connectivity index (χ3n) is 4.91. The molecule has 36 heavy (non-hydrogen) atoms. The second-order valence-corrected chi connectivity index (χ2v) is 7.80. The second-order valence-electron chi connectivity index (χ2n) is 7.01. The summed E-state index contributed by atoms with van der Waals surface area (Å²) in [6, 6.07) is 3.30. The standard InChI is InChI=1S/C20H9Cl2F4N3O7/c21-6-2-1-3-7(23)8(6)11-9(19(34)35)17(36-28-11)5-4-27-29(18(5)20(24,25)26)12-13(30)10(22)14(31)16(33)15(12)32/h1-4,30-33H,(H,34,35). The van der Waals surface area contributed by atoms with Gasteiger partial charge in [0, 0.05) is 0 Å². The minimum Gasteiger partial charge on any atom is -0.504 e. The minimum absolute atomic E-state index is 0.116. The van der Waals surface area contributed by atoms with Gasteiger partial charge in [0.25, 0.3) is 0 Å². The van der Waals surface area contributed by atoms with E-state index in [4.69, 9.17) is 27.7 Å². The zero-order valence-corrected chi connectivity index (χ0v) is 18.5. The molecular formula is C20H9Cl2F4N3O7. The van der Waals surface area contributed by atoms with E-state index in [1.807, 2.05) is 0 Å². The van der Waals surface area contributed by atoms with Crippen LogP contribution in [0.2, 0.25) is 10.0 Å². The molecule has 0 aliphatic rings. The number of nitrogens with zero attached hydrogens (tertiary/aromatic N) is 3. The Balaban J connectivity index is 2.07. The Kier molecular flexibility index (Phi) is 5.88. The number of aromatic nitrogens is 3. The van der Waals surface area contributed by atoms with E-state index in [0.29, 0.717) is 6.20 Å². The molecule has 0 saturated carbocycles. The van der Waals surface area contributed by atoms with Gasteiger partial charge in [-0.3, -0.25) is 0 Å². The maximum absolute atomic E-state index is 14.4. The summed E-state index contributed by atoms with van der Waals surface area (Å²) in [5, 5.41) is 54.9. The average molecular weight is 550 g/mol. The van der Waals surface area contributed by atoms with Crippen molar-refractivity contribution in [1.82, 2.24) is 14.9 Å². The van der Waals surface area contributed by atoms with Gasteiger partial charge < -0.3 is 30.1 Å². The number of benzene rings is 2. The van der Waals surface area contributed by atoms with Crippen LogP contribution in [0.3, 0.4) is 0 Å². The van der Waals surface area contributed by atoms with Crippen LogP contribution in [0.5, 0.6) is 23.0 Å². The van der Waals surface area contributed by atoms with Crippen LogP contribution in [0, 0.1) is 5.82 Å². The molecule has 2 aromatic heterocycles. The van der Waals surface area contributed by atoms with E-state index in [1.165, 1.54) is 12.1 Å². The normalized spacial score (nSPS) is 11.7. The van der Waals surface area contributed by atoms with Gasteiger partial charge in [0.05, 0.1) is 22.3 Å². The minimum atomic E-state index is -5.37. The van der Waals surface area contributed by atoms with Crippen LogP contribution >= 0.6 is 23.2 Å². The molecule has 0 fully saturated rings. The monoisotopic (exact) mass is 549 g/mol. The fraction of sp³-hybridized carbons (Fsp3) is 0.0500. The van der Waals surface area contributed by atoms with Gasteiger partial charge in [-0.25, -0.2) is 13.9 Å². The SMILES string of the molecule is O=C(O)c1c(-c2c(F)cccc2Cl)noc1-c1cnn(-c2c(O)c(O)c(O)c(Cl)c2O)c1C(F)(F)F. The highest BCUT2D eigenvalue weighted by molar-refractivity contribution is 6.34. The van der Waals surface area contributed by atoms with Crippen LogP contribution in [0.1, 0.15) is 16.1 Å². The molecule has 0 aliphatic carbocycles. The Morgan fingerprint density at radius 2 is 1.69 bits per heavy atom. The molecule has 0 radical (unpaired) electrons. The Bertz CT molecular complexity index is 1500. The number of aromatic carboxylic acids is 1. The van der Waals surface area contributed by atoms with E-state index in [9.17, 15) is 47.9 Å². The van der Waals surface area contributed by atoms with Crippen LogP contribution in [-0.2, 0) is 6.18 Å². The topological polar surface area (TPSA) is 162 Å². The molecule has 2 heterocycles. The number of phenols is 4. The number of carbonyl (C=O) groups is 1. The quantitative estimate of drug-likeness (QED) is 0.131. The van der Waals surface area contributed by atoms with Crippen molar-refractivity contribution in [2.24, 2.45) is 0 Å². The summed E-state index contributed by atoms with van der Waals surface area (Å²) in [4.78, 5) is 12.0. The number of halogens is 6. The van der Waals surface area contributed by atoms with Crippen molar-refractivity contribution in [1.29, 1.82) is 0 Å². The summed E-state index contributed by atoms with van der Waals surface area (Å²) in [6.07, 6.45) is -4.91. The molecule has 0 bridgehead atoms. The Labute approximate surface area is 205 Å². The van der Waals surface area contributed by atoms with Crippen LogP contribution in [-0.4, -0.2) is 46.4 Å². The zero-order valence-electron chi connectivity index (χ0n) is 17.0. The number of alkyl halides is 3. The molecule has 0 unspecified atom stereocenters. The lowest BCUT2D eigenvalue weighted by atomic mass is 10.0. The smallest absolute Gasteiger partial charge is 0.434 e. The van der Waals surface area contributed by atoms with Gasteiger partial charge in [-0.1, -0.05) is 34.4 Å². The first-order valence-electron chi connectivity index (χ1n) is 9.25. The van der Waals surface area contributed by atoms with Crippen LogP contribution < -0.4 is 0 Å². The van der Waals surface area contributed by atoms with Crippen molar-refractivity contribution in [3.63, 3.8) is 0 Å². The fourth-order valence-electron chi connectivity index (χ4n) is 3.38. The fourth-order valence-corrected chi connectivity index (χ4v) is 3.81. The van der Waals surface area contributed by atoms with Crippen molar-refractivity contribution in [2.75, 3.05) is 0 Å². The van der Waals surface area contributed by atoms with Crippen molar-refractivity contribution < 1.29 is 52.4 Å². The molecule has 0 spiro atoms. The van der Waals surface area contributed by atoms with Crippen molar-refractivity contribution >= 4 is 29.2 Å². The number of carboxylic acids is 1. The van der Waals surface area contributed by atoms with Crippen molar-refractivity contribution in [2.45, 2.75) is 6.18 Å². The lowest BCUT2D eigenvalue weighted by Gasteiger charge is -2.16. The molecule has 0 aliphatic heterocycles. The summed E-state index contributed by atoms with van der Waals surface area (Å²) in [7, 11) is 0. The third-order valence-corrected chi connectivity index (χ3v) is 5.59. The van der Waals surface area contributed by atoms with E-state index in [-0.39, 0.29) is 9.70 Å². The molecule has 5 N–H and O–H groups in total. The molecule has 0 saturated heterocycles. The lowest BCUT2D eigenvalue weighted by Crippen LogP contribution is -2.15. The average Bonchev–Trinajstić information content (AvgIpc) is 3.41. The van der Waals surface area contributed by atoms with Crippen LogP contribution in [0.4, 0.5) is 17.6 Å². The van der Waals surface area contributed by atoms with Gasteiger partial charge >= 0.3 is 12.1 Å². The molecular weight excluding hydrogens is 541 g/mol. The summed E-state index contributed by atoms with van der Waals surface area (Å²) in [6.45, 7) is 0. The number of carboxylic acid groups (broad SMARTS) is 1. The highest BCUT2D eigenvalue weighted by atomic mass is 35.5. The van der Waals surface area contributed by atoms with Crippen LogP contribution in [0.25, 0.3) is 28.3 Å². The second kappa shape index (κ2) is 8.49. The van der Waals surface area contributed by atoms with E-state index >= 15 is 0 Å². The number of hydrogen-bond donors (Lipinski definition) is 5. The Morgan fingerprint density at radius 1 is 1.03 bits per heavy atom. The largest absolute Gasteiger partial charge is 0.504 e. The first kappa shape index (κ1) is 24.9. The van der Waals surface area contributed by atoms with Crippen LogP contribution in [0.15, 0.2) is 28.9 Å². The molecule has 10 nitrogen and oxygen atoms in total. The van der Waals surface area contributed by atoms with Gasteiger partial charge in [-0.15, -0.1) is 0 Å². The molecule has 188 valence electrons.